The Hall–Kier alpha value is -2.01. The van der Waals surface area contributed by atoms with Gasteiger partial charge in [-0.25, -0.2) is 0 Å². The maximum Gasteiger partial charge on any atom is 0.231 e. The molecule has 0 saturated heterocycles. The summed E-state index contributed by atoms with van der Waals surface area (Å²) in [5.74, 6) is 1.46. The van der Waals surface area contributed by atoms with E-state index in [9.17, 15) is 0 Å². The minimum Gasteiger partial charge on any atom is -0.454 e. The van der Waals surface area contributed by atoms with Crippen molar-refractivity contribution in [2.75, 3.05) is 6.79 Å². The lowest BCUT2D eigenvalue weighted by Crippen LogP contribution is -1.93. The van der Waals surface area contributed by atoms with Crippen LogP contribution in [0, 0.1) is 6.92 Å². The molecule has 1 aliphatic heterocycles. The number of ether oxygens (including phenoxy) is 2. The Labute approximate surface area is 131 Å². The number of nitrogens with zero attached hydrogens (tertiary/aromatic N) is 1. The number of oxime groups is 1. The van der Waals surface area contributed by atoms with Crippen molar-refractivity contribution in [1.29, 1.82) is 0 Å². The molecule has 0 unspecified atom stereocenters. The Morgan fingerprint density at radius 2 is 1.90 bits per heavy atom. The number of halogens is 1. The topological polar surface area (TPSA) is 40.0 Å². The van der Waals surface area contributed by atoms with Gasteiger partial charge in [0, 0.05) is 10.0 Å². The Balaban J connectivity index is 1.62. The first kappa shape index (κ1) is 13.9. The fourth-order valence-electron chi connectivity index (χ4n) is 1.92. The zero-order valence-electron chi connectivity index (χ0n) is 11.5. The van der Waals surface area contributed by atoms with Gasteiger partial charge in [0.25, 0.3) is 0 Å². The molecule has 3 rings (SSSR count). The van der Waals surface area contributed by atoms with Gasteiger partial charge in [-0.05, 0) is 40.5 Å². The van der Waals surface area contributed by atoms with Crippen LogP contribution in [0.25, 0.3) is 0 Å². The van der Waals surface area contributed by atoms with Crippen molar-refractivity contribution in [3.63, 3.8) is 0 Å². The van der Waals surface area contributed by atoms with Crippen molar-refractivity contribution in [1.82, 2.24) is 0 Å². The highest BCUT2D eigenvalue weighted by atomic mass is 79.9. The lowest BCUT2D eigenvalue weighted by Gasteiger charge is -2.02. The molecule has 0 spiro atoms. The van der Waals surface area contributed by atoms with Gasteiger partial charge in [-0.1, -0.05) is 35.0 Å². The second-order valence-corrected chi connectivity index (χ2v) is 5.57. The predicted octanol–water partition coefficient (Wildman–Crippen LogP) is 4.04. The molecule has 0 radical (unpaired) electrons. The van der Waals surface area contributed by atoms with Crippen molar-refractivity contribution < 1.29 is 14.3 Å². The van der Waals surface area contributed by atoms with Crippen molar-refractivity contribution >= 4 is 22.1 Å². The molecule has 2 aromatic rings. The predicted molar refractivity (Wildman–Crippen MR) is 83.8 cm³/mol. The standard InChI is InChI=1S/C16H14BrNO3/c1-11-2-4-12(5-3-11)9-21-18-8-13-6-15-16(7-14(13)17)20-10-19-15/h2-8H,9-10H2,1H3/b18-8-. The summed E-state index contributed by atoms with van der Waals surface area (Å²) in [4.78, 5) is 5.31. The lowest BCUT2D eigenvalue weighted by atomic mass is 10.2. The van der Waals surface area contributed by atoms with Gasteiger partial charge >= 0.3 is 0 Å². The third-order valence-electron chi connectivity index (χ3n) is 3.11. The minimum absolute atomic E-state index is 0.256. The Bertz CT molecular complexity index is 668. The van der Waals surface area contributed by atoms with Crippen LogP contribution in [0.3, 0.4) is 0 Å². The summed E-state index contributed by atoms with van der Waals surface area (Å²) in [7, 11) is 0. The number of hydrogen-bond donors (Lipinski definition) is 0. The number of aryl methyl sites for hydroxylation is 1. The van der Waals surface area contributed by atoms with E-state index in [0.29, 0.717) is 6.61 Å². The van der Waals surface area contributed by atoms with Crippen molar-refractivity contribution in [2.45, 2.75) is 13.5 Å². The highest BCUT2D eigenvalue weighted by Crippen LogP contribution is 2.36. The first-order chi connectivity index (χ1) is 10.2. The third kappa shape index (κ3) is 3.36. The summed E-state index contributed by atoms with van der Waals surface area (Å²) in [5.41, 5.74) is 3.19. The van der Waals surface area contributed by atoms with E-state index < -0.39 is 0 Å². The second kappa shape index (κ2) is 6.18. The van der Waals surface area contributed by atoms with Crippen molar-refractivity contribution in [3.05, 3.63) is 57.6 Å². The van der Waals surface area contributed by atoms with Crippen LogP contribution in [0.5, 0.6) is 11.5 Å². The SMILES string of the molecule is Cc1ccc(CO/N=C\c2cc3c(cc2Br)OCO3)cc1. The molecule has 108 valence electrons. The van der Waals surface area contributed by atoms with E-state index in [1.54, 1.807) is 6.21 Å². The summed E-state index contributed by atoms with van der Waals surface area (Å²) in [6, 6.07) is 11.9. The van der Waals surface area contributed by atoms with Gasteiger partial charge in [0.1, 0.15) is 6.61 Å². The molecule has 1 aliphatic rings. The summed E-state index contributed by atoms with van der Waals surface area (Å²) in [5, 5.41) is 3.99. The average molecular weight is 348 g/mol. The van der Waals surface area contributed by atoms with Gasteiger partial charge in [0.05, 0.1) is 6.21 Å². The van der Waals surface area contributed by atoms with Gasteiger partial charge in [-0.15, -0.1) is 0 Å². The van der Waals surface area contributed by atoms with Gasteiger partial charge in [0.2, 0.25) is 6.79 Å². The molecule has 0 atom stereocenters. The first-order valence-corrected chi connectivity index (χ1v) is 7.32. The van der Waals surface area contributed by atoms with Gasteiger partial charge in [0.15, 0.2) is 11.5 Å². The summed E-state index contributed by atoms with van der Waals surface area (Å²) < 4.78 is 11.5. The molecular formula is C16H14BrNO3. The van der Waals surface area contributed by atoms with E-state index in [2.05, 4.69) is 40.1 Å². The first-order valence-electron chi connectivity index (χ1n) is 6.52. The number of rotatable bonds is 4. The fraction of sp³-hybridized carbons (Fsp3) is 0.188. The van der Waals surface area contributed by atoms with E-state index in [4.69, 9.17) is 14.3 Å². The third-order valence-corrected chi connectivity index (χ3v) is 3.80. The Morgan fingerprint density at radius 1 is 1.19 bits per heavy atom. The molecule has 0 saturated carbocycles. The number of benzene rings is 2. The van der Waals surface area contributed by atoms with Crippen LogP contribution in [-0.4, -0.2) is 13.0 Å². The summed E-state index contributed by atoms with van der Waals surface area (Å²) in [6.45, 7) is 2.76. The Kier molecular flexibility index (Phi) is 4.10. The number of hydrogen-bond acceptors (Lipinski definition) is 4. The Morgan fingerprint density at radius 3 is 2.67 bits per heavy atom. The molecule has 0 bridgehead atoms. The van der Waals surface area contributed by atoms with Crippen molar-refractivity contribution in [3.8, 4) is 11.5 Å². The van der Waals surface area contributed by atoms with Gasteiger partial charge < -0.3 is 14.3 Å². The van der Waals surface area contributed by atoms with Gasteiger partial charge in [-0.2, -0.15) is 0 Å². The van der Waals surface area contributed by atoms with E-state index in [1.165, 1.54) is 5.56 Å². The van der Waals surface area contributed by atoms with Crippen LogP contribution in [0.2, 0.25) is 0 Å². The van der Waals surface area contributed by atoms with Crippen LogP contribution < -0.4 is 9.47 Å². The van der Waals surface area contributed by atoms with Crippen LogP contribution in [-0.2, 0) is 11.4 Å². The molecule has 5 heteroatoms. The molecule has 0 amide bonds. The van der Waals surface area contributed by atoms with Gasteiger partial charge in [-0.3, -0.25) is 0 Å². The molecular weight excluding hydrogens is 334 g/mol. The summed E-state index contributed by atoms with van der Waals surface area (Å²) >= 11 is 3.47. The smallest absolute Gasteiger partial charge is 0.231 e. The number of fused-ring (bicyclic) bond motifs is 1. The molecule has 1 heterocycles. The molecule has 0 aromatic heterocycles. The van der Waals surface area contributed by atoms with E-state index in [0.717, 1.165) is 27.1 Å². The molecule has 2 aromatic carbocycles. The summed E-state index contributed by atoms with van der Waals surface area (Å²) in [6.07, 6.45) is 1.65. The monoisotopic (exact) mass is 347 g/mol. The average Bonchev–Trinajstić information content (AvgIpc) is 2.92. The molecule has 0 N–H and O–H groups in total. The minimum atomic E-state index is 0.256. The zero-order valence-corrected chi connectivity index (χ0v) is 13.1. The van der Waals surface area contributed by atoms with Crippen LogP contribution in [0.15, 0.2) is 46.0 Å². The van der Waals surface area contributed by atoms with Crippen LogP contribution in [0.1, 0.15) is 16.7 Å². The van der Waals surface area contributed by atoms with E-state index in [-0.39, 0.29) is 6.79 Å². The van der Waals surface area contributed by atoms with E-state index in [1.807, 2.05) is 24.3 Å². The molecule has 4 nitrogen and oxygen atoms in total. The maximum atomic E-state index is 5.34. The highest BCUT2D eigenvalue weighted by molar-refractivity contribution is 9.10. The molecule has 21 heavy (non-hydrogen) atoms. The second-order valence-electron chi connectivity index (χ2n) is 4.72. The lowest BCUT2D eigenvalue weighted by molar-refractivity contribution is 0.132. The van der Waals surface area contributed by atoms with Crippen LogP contribution in [0.4, 0.5) is 0 Å². The zero-order chi connectivity index (χ0) is 14.7. The highest BCUT2D eigenvalue weighted by Gasteiger charge is 2.15. The normalized spacial score (nSPS) is 12.9. The molecule has 0 fully saturated rings. The molecule has 0 aliphatic carbocycles. The van der Waals surface area contributed by atoms with E-state index >= 15 is 0 Å². The maximum absolute atomic E-state index is 5.34. The largest absolute Gasteiger partial charge is 0.454 e. The quantitative estimate of drug-likeness (QED) is 0.619. The van der Waals surface area contributed by atoms with Crippen LogP contribution >= 0.6 is 15.9 Å². The fourth-order valence-corrected chi connectivity index (χ4v) is 2.35. The van der Waals surface area contributed by atoms with Crippen molar-refractivity contribution in [2.24, 2.45) is 5.16 Å².